The second kappa shape index (κ2) is 5.82. The van der Waals surface area contributed by atoms with Gasteiger partial charge in [0.2, 0.25) is 5.91 Å². The maximum atomic E-state index is 12.5. The minimum Gasteiger partial charge on any atom is -0.309 e. The number of carbonyl (C=O) groups excluding carboxylic acids is 1. The molecule has 1 atom stereocenters. The van der Waals surface area contributed by atoms with Crippen LogP contribution < -0.4 is 5.32 Å². The van der Waals surface area contributed by atoms with Gasteiger partial charge >= 0.3 is 6.18 Å². The van der Waals surface area contributed by atoms with Crippen molar-refractivity contribution in [3.63, 3.8) is 0 Å². The van der Waals surface area contributed by atoms with Crippen LogP contribution in [0, 0.1) is 6.92 Å². The molecule has 0 aromatic carbocycles. The first-order chi connectivity index (χ1) is 10.2. The molecule has 2 aromatic heterocycles. The van der Waals surface area contributed by atoms with Crippen molar-refractivity contribution in [2.75, 3.05) is 5.32 Å². The molecule has 0 unspecified atom stereocenters. The van der Waals surface area contributed by atoms with Crippen LogP contribution in [0.1, 0.15) is 31.3 Å². The van der Waals surface area contributed by atoms with Gasteiger partial charge in [0.25, 0.3) is 0 Å². The number of rotatable bonds is 4. The number of amides is 1. The molecule has 120 valence electrons. The summed E-state index contributed by atoms with van der Waals surface area (Å²) in [4.78, 5) is 12.2. The molecule has 0 saturated carbocycles. The average Bonchev–Trinajstić information content (AvgIpc) is 3.04. The van der Waals surface area contributed by atoms with Crippen LogP contribution in [0.5, 0.6) is 0 Å². The minimum absolute atomic E-state index is 0.466. The molecule has 0 aliphatic rings. The van der Waals surface area contributed by atoms with Gasteiger partial charge in [0, 0.05) is 18.8 Å². The Morgan fingerprint density at radius 1 is 1.41 bits per heavy atom. The third kappa shape index (κ3) is 3.29. The molecule has 0 aliphatic heterocycles. The summed E-state index contributed by atoms with van der Waals surface area (Å²) in [5.74, 6) is 0.0338. The van der Waals surface area contributed by atoms with Gasteiger partial charge < -0.3 is 5.32 Å². The molecule has 2 rings (SSSR count). The van der Waals surface area contributed by atoms with Crippen LogP contribution in [0.3, 0.4) is 0 Å². The molecule has 9 heteroatoms. The van der Waals surface area contributed by atoms with Crippen LogP contribution in [0.15, 0.2) is 18.3 Å². The maximum absolute atomic E-state index is 12.5. The number of nitrogens with zero attached hydrogens (tertiary/aromatic N) is 4. The lowest BCUT2D eigenvalue weighted by atomic mass is 10.3. The number of anilines is 1. The van der Waals surface area contributed by atoms with Crippen molar-refractivity contribution in [1.82, 2.24) is 19.6 Å². The Balaban J connectivity index is 2.13. The lowest BCUT2D eigenvalue weighted by Crippen LogP contribution is -2.25. The molecule has 6 nitrogen and oxygen atoms in total. The number of nitrogens with one attached hydrogen (secondary N) is 1. The zero-order valence-electron chi connectivity index (χ0n) is 12.3. The Morgan fingerprint density at radius 3 is 2.64 bits per heavy atom. The lowest BCUT2D eigenvalue weighted by Gasteiger charge is -2.13. The Bertz CT molecular complexity index is 674. The van der Waals surface area contributed by atoms with Gasteiger partial charge in [0.05, 0.1) is 5.69 Å². The summed E-state index contributed by atoms with van der Waals surface area (Å²) in [5, 5.41) is 10.2. The van der Waals surface area contributed by atoms with Gasteiger partial charge in [0.1, 0.15) is 11.9 Å². The van der Waals surface area contributed by atoms with Crippen LogP contribution in [0.4, 0.5) is 19.0 Å². The standard InChI is InChI=1S/C13H16F3N5O/c1-4-20-11(7-8(2)18-20)17-12(22)9(3)21-6-5-10(19-21)13(14,15)16/h5-7,9H,4H2,1-3H3,(H,17,22)/t9-/m1/s1. The lowest BCUT2D eigenvalue weighted by molar-refractivity contribution is -0.141. The summed E-state index contributed by atoms with van der Waals surface area (Å²) in [6.07, 6.45) is -3.39. The number of carbonyl (C=O) groups is 1. The first-order valence-electron chi connectivity index (χ1n) is 6.70. The monoisotopic (exact) mass is 315 g/mol. The number of aryl methyl sites for hydroxylation is 2. The average molecular weight is 315 g/mol. The predicted octanol–water partition coefficient (Wildman–Crippen LogP) is 2.63. The highest BCUT2D eigenvalue weighted by atomic mass is 19.4. The molecule has 0 radical (unpaired) electrons. The highest BCUT2D eigenvalue weighted by Crippen LogP contribution is 2.28. The van der Waals surface area contributed by atoms with Crippen molar-refractivity contribution in [3.05, 3.63) is 29.7 Å². The fourth-order valence-corrected chi connectivity index (χ4v) is 1.94. The van der Waals surface area contributed by atoms with Gasteiger partial charge in [0.15, 0.2) is 5.69 Å². The highest BCUT2D eigenvalue weighted by Gasteiger charge is 2.34. The van der Waals surface area contributed by atoms with Crippen LogP contribution in [0.2, 0.25) is 0 Å². The Labute approximate surface area is 124 Å². The van der Waals surface area contributed by atoms with E-state index in [0.717, 1.165) is 22.6 Å². The Morgan fingerprint density at radius 2 is 2.09 bits per heavy atom. The fourth-order valence-electron chi connectivity index (χ4n) is 1.94. The third-order valence-electron chi connectivity index (χ3n) is 3.13. The number of hydrogen-bond acceptors (Lipinski definition) is 3. The fraction of sp³-hybridized carbons (Fsp3) is 0.462. The molecule has 0 spiro atoms. The van der Waals surface area contributed by atoms with E-state index in [1.54, 1.807) is 17.7 Å². The molecular weight excluding hydrogens is 299 g/mol. The minimum atomic E-state index is -4.53. The van der Waals surface area contributed by atoms with E-state index >= 15 is 0 Å². The number of hydrogen-bond donors (Lipinski definition) is 1. The number of halogens is 3. The zero-order valence-corrected chi connectivity index (χ0v) is 12.3. The zero-order chi connectivity index (χ0) is 16.5. The van der Waals surface area contributed by atoms with Gasteiger partial charge in [-0.1, -0.05) is 0 Å². The van der Waals surface area contributed by atoms with E-state index in [4.69, 9.17) is 0 Å². The van der Waals surface area contributed by atoms with Crippen molar-refractivity contribution >= 4 is 11.7 Å². The molecular formula is C13H16F3N5O. The first kappa shape index (κ1) is 16.1. The van der Waals surface area contributed by atoms with Crippen molar-refractivity contribution < 1.29 is 18.0 Å². The summed E-state index contributed by atoms with van der Waals surface area (Å²) in [6.45, 7) is 5.70. The van der Waals surface area contributed by atoms with Crippen LogP contribution in [-0.4, -0.2) is 25.5 Å². The summed E-state index contributed by atoms with van der Waals surface area (Å²) >= 11 is 0. The molecule has 1 N–H and O–H groups in total. The van der Waals surface area contributed by atoms with E-state index in [0.29, 0.717) is 12.4 Å². The van der Waals surface area contributed by atoms with Crippen molar-refractivity contribution in [2.45, 2.75) is 39.5 Å². The topological polar surface area (TPSA) is 64.7 Å². The molecule has 0 bridgehead atoms. The van der Waals surface area contributed by atoms with Crippen LogP contribution in [-0.2, 0) is 17.5 Å². The quantitative estimate of drug-likeness (QED) is 0.943. The third-order valence-corrected chi connectivity index (χ3v) is 3.13. The summed E-state index contributed by atoms with van der Waals surface area (Å²) < 4.78 is 40.2. The van der Waals surface area contributed by atoms with Crippen molar-refractivity contribution in [1.29, 1.82) is 0 Å². The first-order valence-corrected chi connectivity index (χ1v) is 6.70. The van der Waals surface area contributed by atoms with Crippen LogP contribution >= 0.6 is 0 Å². The van der Waals surface area contributed by atoms with Crippen molar-refractivity contribution in [2.24, 2.45) is 0 Å². The second-order valence-electron chi connectivity index (χ2n) is 4.83. The molecule has 0 aliphatic carbocycles. The number of alkyl halides is 3. The normalized spacial score (nSPS) is 13.2. The SMILES string of the molecule is CCn1nc(C)cc1NC(=O)[C@@H](C)n1ccc(C(F)(F)F)n1. The van der Waals surface area contributed by atoms with Gasteiger partial charge in [-0.05, 0) is 26.8 Å². The van der Waals surface area contributed by atoms with Gasteiger partial charge in [-0.3, -0.25) is 9.48 Å². The summed E-state index contributed by atoms with van der Waals surface area (Å²) in [5.41, 5.74) is -0.287. The molecule has 2 aromatic rings. The number of aromatic nitrogens is 4. The Kier molecular flexibility index (Phi) is 4.25. The summed E-state index contributed by atoms with van der Waals surface area (Å²) in [6, 6.07) is 1.65. The van der Waals surface area contributed by atoms with Gasteiger partial charge in [-0.15, -0.1) is 0 Å². The second-order valence-corrected chi connectivity index (χ2v) is 4.83. The van der Waals surface area contributed by atoms with E-state index in [1.165, 1.54) is 6.92 Å². The van der Waals surface area contributed by atoms with Gasteiger partial charge in [-0.2, -0.15) is 23.4 Å². The van der Waals surface area contributed by atoms with E-state index in [9.17, 15) is 18.0 Å². The maximum Gasteiger partial charge on any atom is 0.435 e. The van der Waals surface area contributed by atoms with E-state index < -0.39 is 23.8 Å². The molecule has 0 fully saturated rings. The Hall–Kier alpha value is -2.32. The molecule has 22 heavy (non-hydrogen) atoms. The smallest absolute Gasteiger partial charge is 0.309 e. The molecule has 0 saturated heterocycles. The van der Waals surface area contributed by atoms with E-state index in [1.807, 2.05) is 6.92 Å². The largest absolute Gasteiger partial charge is 0.435 e. The van der Waals surface area contributed by atoms with E-state index in [2.05, 4.69) is 15.5 Å². The van der Waals surface area contributed by atoms with Gasteiger partial charge in [-0.25, -0.2) is 4.68 Å². The summed E-state index contributed by atoms with van der Waals surface area (Å²) in [7, 11) is 0. The predicted molar refractivity (Wildman–Crippen MR) is 73.2 cm³/mol. The molecule has 2 heterocycles. The highest BCUT2D eigenvalue weighted by molar-refractivity contribution is 5.92. The van der Waals surface area contributed by atoms with E-state index in [-0.39, 0.29) is 0 Å². The molecule has 1 amide bonds. The van der Waals surface area contributed by atoms with Crippen molar-refractivity contribution in [3.8, 4) is 0 Å². The van der Waals surface area contributed by atoms with Crippen LogP contribution in [0.25, 0.3) is 0 Å².